The summed E-state index contributed by atoms with van der Waals surface area (Å²) < 4.78 is 4.83. The third-order valence-corrected chi connectivity index (χ3v) is 1.04. The van der Waals surface area contributed by atoms with E-state index in [0.717, 1.165) is 12.5 Å². The van der Waals surface area contributed by atoms with Crippen molar-refractivity contribution in [2.24, 2.45) is 0 Å². The van der Waals surface area contributed by atoms with Gasteiger partial charge >= 0.3 is 5.97 Å². The van der Waals surface area contributed by atoms with Crippen LogP contribution in [0.4, 0.5) is 0 Å². The fraction of sp³-hybridized carbons (Fsp3) is 0.583. The molecule has 0 atom stereocenters. The van der Waals surface area contributed by atoms with Crippen LogP contribution in [0.1, 0.15) is 41.0 Å². The van der Waals surface area contributed by atoms with Crippen LogP contribution in [-0.2, 0) is 9.53 Å². The van der Waals surface area contributed by atoms with Gasteiger partial charge in [0.1, 0.15) is 5.60 Å². The molecule has 0 saturated heterocycles. The average molecular weight is 198 g/mol. The van der Waals surface area contributed by atoms with Crippen LogP contribution in [0.25, 0.3) is 0 Å². The Labute approximate surface area is 87.7 Å². The lowest BCUT2D eigenvalue weighted by Crippen LogP contribution is -2.22. The highest BCUT2D eigenvalue weighted by atomic mass is 16.6. The van der Waals surface area contributed by atoms with E-state index in [-0.39, 0.29) is 5.97 Å². The second kappa shape index (κ2) is 8.54. The monoisotopic (exact) mass is 198 g/mol. The zero-order valence-corrected chi connectivity index (χ0v) is 9.96. The molecule has 0 fully saturated rings. The van der Waals surface area contributed by atoms with Crippen LogP contribution < -0.4 is 0 Å². The molecule has 0 aliphatic heterocycles. The molecule has 2 nitrogen and oxygen atoms in total. The standard InChI is InChI=1S/C7H12O2.C5H10/c1-5-6(8)9-7(2,3)4;1-3-5-4-2/h5H,1H2,2-4H3;3,5H,4H2,1-2H3. The van der Waals surface area contributed by atoms with Gasteiger partial charge in [0.2, 0.25) is 0 Å². The second-order valence-electron chi connectivity index (χ2n) is 3.71. The number of carbonyl (C=O) groups excluding carboxylic acids is 1. The normalized spacial score (nSPS) is 10.4. The van der Waals surface area contributed by atoms with Gasteiger partial charge in [-0.15, -0.1) is 0 Å². The molecule has 0 bridgehead atoms. The highest BCUT2D eigenvalue weighted by molar-refractivity contribution is 5.81. The Morgan fingerprint density at radius 1 is 1.43 bits per heavy atom. The molecule has 0 aromatic carbocycles. The van der Waals surface area contributed by atoms with Crippen molar-refractivity contribution in [1.82, 2.24) is 0 Å². The maximum Gasteiger partial charge on any atom is 0.330 e. The van der Waals surface area contributed by atoms with E-state index in [1.54, 1.807) is 0 Å². The van der Waals surface area contributed by atoms with E-state index in [2.05, 4.69) is 25.7 Å². The van der Waals surface area contributed by atoms with E-state index in [1.807, 2.05) is 27.7 Å². The van der Waals surface area contributed by atoms with Gasteiger partial charge in [-0.05, 0) is 34.1 Å². The molecule has 0 amide bonds. The Balaban J connectivity index is 0. The van der Waals surface area contributed by atoms with Crippen LogP contribution in [0.5, 0.6) is 0 Å². The van der Waals surface area contributed by atoms with E-state index >= 15 is 0 Å². The van der Waals surface area contributed by atoms with Crippen LogP contribution in [0, 0.1) is 0 Å². The Kier molecular flexibility index (Phi) is 9.41. The summed E-state index contributed by atoms with van der Waals surface area (Å²) in [6.45, 7) is 12.9. The number of hydrogen-bond acceptors (Lipinski definition) is 2. The van der Waals surface area contributed by atoms with Crippen LogP contribution in [0.3, 0.4) is 0 Å². The number of rotatable bonds is 2. The summed E-state index contributed by atoms with van der Waals surface area (Å²) >= 11 is 0. The Morgan fingerprint density at radius 3 is 2.00 bits per heavy atom. The molecule has 0 spiro atoms. The highest BCUT2D eigenvalue weighted by Gasteiger charge is 2.12. The Bertz CT molecular complexity index is 185. The minimum absolute atomic E-state index is 0.373. The van der Waals surface area contributed by atoms with Gasteiger partial charge < -0.3 is 4.74 Å². The van der Waals surface area contributed by atoms with Crippen molar-refractivity contribution in [3.05, 3.63) is 24.8 Å². The summed E-state index contributed by atoms with van der Waals surface area (Å²) in [7, 11) is 0. The van der Waals surface area contributed by atoms with Crippen LogP contribution in [0.15, 0.2) is 24.8 Å². The van der Waals surface area contributed by atoms with Crippen LogP contribution in [-0.4, -0.2) is 11.6 Å². The van der Waals surface area contributed by atoms with Gasteiger partial charge in [0, 0.05) is 6.08 Å². The number of carbonyl (C=O) groups is 1. The molecule has 0 saturated carbocycles. The van der Waals surface area contributed by atoms with Crippen molar-refractivity contribution in [2.45, 2.75) is 46.6 Å². The predicted octanol–water partition coefficient (Wildman–Crippen LogP) is 3.49. The first-order valence-corrected chi connectivity index (χ1v) is 4.84. The topological polar surface area (TPSA) is 26.3 Å². The van der Waals surface area contributed by atoms with Crippen molar-refractivity contribution < 1.29 is 9.53 Å². The predicted molar refractivity (Wildman–Crippen MR) is 61.1 cm³/mol. The summed E-state index contributed by atoms with van der Waals surface area (Å²) in [4.78, 5) is 10.5. The fourth-order valence-corrected chi connectivity index (χ4v) is 0.579. The molecular formula is C12H22O2. The fourth-order valence-electron chi connectivity index (χ4n) is 0.579. The first-order valence-electron chi connectivity index (χ1n) is 4.84. The van der Waals surface area contributed by atoms with Gasteiger partial charge in [-0.2, -0.15) is 0 Å². The van der Waals surface area contributed by atoms with Gasteiger partial charge in [0.15, 0.2) is 0 Å². The van der Waals surface area contributed by atoms with E-state index in [1.165, 1.54) is 0 Å². The molecule has 2 heteroatoms. The Hall–Kier alpha value is -1.05. The molecule has 0 aromatic rings. The molecule has 0 radical (unpaired) electrons. The third kappa shape index (κ3) is 17.2. The van der Waals surface area contributed by atoms with Gasteiger partial charge in [-0.1, -0.05) is 25.7 Å². The first-order chi connectivity index (χ1) is 6.37. The molecular weight excluding hydrogens is 176 g/mol. The molecule has 0 N–H and O–H groups in total. The van der Waals surface area contributed by atoms with Crippen molar-refractivity contribution in [2.75, 3.05) is 0 Å². The van der Waals surface area contributed by atoms with E-state index < -0.39 is 5.60 Å². The average Bonchev–Trinajstić information content (AvgIpc) is 2.04. The molecule has 14 heavy (non-hydrogen) atoms. The zero-order valence-electron chi connectivity index (χ0n) is 9.96. The largest absolute Gasteiger partial charge is 0.457 e. The van der Waals surface area contributed by atoms with E-state index in [9.17, 15) is 4.79 Å². The highest BCUT2D eigenvalue weighted by Crippen LogP contribution is 2.06. The van der Waals surface area contributed by atoms with Crippen molar-refractivity contribution >= 4 is 5.97 Å². The molecule has 82 valence electrons. The smallest absolute Gasteiger partial charge is 0.330 e. The third-order valence-electron chi connectivity index (χ3n) is 1.04. The summed E-state index contributed by atoms with van der Waals surface area (Å²) in [5.41, 5.74) is -0.398. The summed E-state index contributed by atoms with van der Waals surface area (Å²) in [5.74, 6) is -0.373. The number of allylic oxidation sites excluding steroid dienone is 2. The van der Waals surface area contributed by atoms with Crippen molar-refractivity contribution in [3.63, 3.8) is 0 Å². The quantitative estimate of drug-likeness (QED) is 0.386. The molecule has 0 rings (SSSR count). The summed E-state index contributed by atoms with van der Waals surface area (Å²) in [6, 6.07) is 0. The summed E-state index contributed by atoms with van der Waals surface area (Å²) in [6.07, 6.45) is 6.50. The first kappa shape index (κ1) is 15.4. The lowest BCUT2D eigenvalue weighted by Gasteiger charge is -2.17. The second-order valence-corrected chi connectivity index (χ2v) is 3.71. The van der Waals surface area contributed by atoms with Crippen LogP contribution >= 0.6 is 0 Å². The molecule has 0 aromatic heterocycles. The van der Waals surface area contributed by atoms with E-state index in [4.69, 9.17) is 4.74 Å². The summed E-state index contributed by atoms with van der Waals surface area (Å²) in [5, 5.41) is 0. The van der Waals surface area contributed by atoms with Gasteiger partial charge in [0.25, 0.3) is 0 Å². The molecule has 0 aliphatic rings. The lowest BCUT2D eigenvalue weighted by molar-refractivity contribution is -0.148. The van der Waals surface area contributed by atoms with E-state index in [0.29, 0.717) is 0 Å². The maximum absolute atomic E-state index is 10.5. The van der Waals surface area contributed by atoms with Crippen molar-refractivity contribution in [1.29, 1.82) is 0 Å². The number of ether oxygens (including phenoxy) is 1. The van der Waals surface area contributed by atoms with Gasteiger partial charge in [-0.25, -0.2) is 4.79 Å². The van der Waals surface area contributed by atoms with Crippen LogP contribution in [0.2, 0.25) is 0 Å². The lowest BCUT2D eigenvalue weighted by atomic mass is 10.2. The number of esters is 1. The minimum atomic E-state index is -0.398. The van der Waals surface area contributed by atoms with Crippen molar-refractivity contribution in [3.8, 4) is 0 Å². The Morgan fingerprint density at radius 2 is 1.93 bits per heavy atom. The molecule has 0 heterocycles. The SMILES string of the molecule is C=CC(=O)OC(C)(C)C.CC=CCC. The molecule has 0 unspecified atom stereocenters. The number of hydrogen-bond donors (Lipinski definition) is 0. The van der Waals surface area contributed by atoms with Gasteiger partial charge in [0.05, 0.1) is 0 Å². The van der Waals surface area contributed by atoms with Gasteiger partial charge in [-0.3, -0.25) is 0 Å². The maximum atomic E-state index is 10.5. The molecule has 0 aliphatic carbocycles. The zero-order chi connectivity index (χ0) is 11.6. The minimum Gasteiger partial charge on any atom is -0.457 e.